The maximum Gasteiger partial charge on any atom is 0.328 e. The van der Waals surface area contributed by atoms with Crippen LogP contribution in [0.15, 0.2) is 30.3 Å². The summed E-state index contributed by atoms with van der Waals surface area (Å²) < 4.78 is 0. The zero-order valence-electron chi connectivity index (χ0n) is 9.16. The Morgan fingerprint density at radius 1 is 1.33 bits per heavy atom. The lowest BCUT2D eigenvalue weighted by Gasteiger charge is -2.29. The van der Waals surface area contributed by atoms with Gasteiger partial charge in [-0.1, -0.05) is 44.2 Å². The Labute approximate surface area is 90.1 Å². The number of nitrogens with one attached hydrogen (secondary N) is 1. The van der Waals surface area contributed by atoms with Crippen LogP contribution in [0.4, 0.5) is 0 Å². The maximum atomic E-state index is 11.4. The minimum atomic E-state index is -0.948. The molecule has 0 aliphatic rings. The van der Waals surface area contributed by atoms with Crippen molar-refractivity contribution in [3.8, 4) is 0 Å². The van der Waals surface area contributed by atoms with Crippen molar-refractivity contribution in [2.24, 2.45) is 0 Å². The third-order valence-corrected chi connectivity index (χ3v) is 2.64. The van der Waals surface area contributed by atoms with Gasteiger partial charge in [0.25, 0.3) is 0 Å². The predicted molar refractivity (Wildman–Crippen MR) is 59.7 cm³/mol. The van der Waals surface area contributed by atoms with Gasteiger partial charge in [0.05, 0.1) is 0 Å². The van der Waals surface area contributed by atoms with E-state index in [0.29, 0.717) is 13.0 Å². The van der Waals surface area contributed by atoms with Crippen molar-refractivity contribution in [1.29, 1.82) is 0 Å². The van der Waals surface area contributed by atoms with Crippen LogP contribution in [-0.2, 0) is 10.3 Å². The standard InChI is InChI=1S/C12H17NO2/c1-3-12(11(14)15,13-4-2)10-8-6-5-7-9-10/h5-9,13H,3-4H2,1-2H3,(H,14,15). The molecule has 0 saturated carbocycles. The number of rotatable bonds is 5. The van der Waals surface area contributed by atoms with Gasteiger partial charge in [-0.2, -0.15) is 0 Å². The van der Waals surface area contributed by atoms with Crippen molar-refractivity contribution in [2.75, 3.05) is 6.54 Å². The van der Waals surface area contributed by atoms with E-state index in [9.17, 15) is 9.90 Å². The number of carboxylic acid groups (broad SMARTS) is 1. The molecular formula is C12H17NO2. The van der Waals surface area contributed by atoms with Crippen molar-refractivity contribution < 1.29 is 9.90 Å². The summed E-state index contributed by atoms with van der Waals surface area (Å²) >= 11 is 0. The molecule has 2 N–H and O–H groups in total. The second-order valence-electron chi connectivity index (χ2n) is 3.46. The smallest absolute Gasteiger partial charge is 0.328 e. The molecule has 82 valence electrons. The fourth-order valence-electron chi connectivity index (χ4n) is 1.81. The minimum Gasteiger partial charge on any atom is -0.480 e. The highest BCUT2D eigenvalue weighted by atomic mass is 16.4. The second kappa shape index (κ2) is 4.94. The normalized spacial score (nSPS) is 14.5. The molecule has 0 bridgehead atoms. The van der Waals surface area contributed by atoms with E-state index in [4.69, 9.17) is 0 Å². The molecule has 1 atom stereocenters. The Kier molecular flexibility index (Phi) is 3.86. The van der Waals surface area contributed by atoms with Crippen molar-refractivity contribution in [1.82, 2.24) is 5.32 Å². The molecule has 0 spiro atoms. The maximum absolute atomic E-state index is 11.4. The van der Waals surface area contributed by atoms with E-state index < -0.39 is 11.5 Å². The monoisotopic (exact) mass is 207 g/mol. The van der Waals surface area contributed by atoms with Crippen LogP contribution in [-0.4, -0.2) is 17.6 Å². The summed E-state index contributed by atoms with van der Waals surface area (Å²) in [6, 6.07) is 9.30. The zero-order chi connectivity index (χ0) is 11.3. The number of carboxylic acids is 1. The molecule has 0 fully saturated rings. The van der Waals surface area contributed by atoms with E-state index in [1.807, 2.05) is 44.2 Å². The van der Waals surface area contributed by atoms with Gasteiger partial charge in [-0.05, 0) is 18.5 Å². The molecule has 3 nitrogen and oxygen atoms in total. The van der Waals surface area contributed by atoms with E-state index in [1.54, 1.807) is 0 Å². The van der Waals surface area contributed by atoms with E-state index in [1.165, 1.54) is 0 Å². The van der Waals surface area contributed by atoms with Gasteiger partial charge in [-0.25, -0.2) is 4.79 Å². The molecule has 1 aromatic carbocycles. The molecule has 0 aromatic heterocycles. The first kappa shape index (κ1) is 11.7. The van der Waals surface area contributed by atoms with Crippen molar-refractivity contribution >= 4 is 5.97 Å². The Bertz CT molecular complexity index is 324. The summed E-state index contributed by atoms with van der Waals surface area (Å²) in [6.45, 7) is 4.43. The highest BCUT2D eigenvalue weighted by Gasteiger charge is 2.37. The summed E-state index contributed by atoms with van der Waals surface area (Å²) in [5.41, 5.74) is -0.141. The molecule has 1 aromatic rings. The minimum absolute atomic E-state index is 0.528. The van der Waals surface area contributed by atoms with E-state index in [0.717, 1.165) is 5.56 Å². The molecule has 0 aliphatic carbocycles. The molecule has 15 heavy (non-hydrogen) atoms. The molecule has 3 heteroatoms. The fraction of sp³-hybridized carbons (Fsp3) is 0.417. The van der Waals surface area contributed by atoms with E-state index in [-0.39, 0.29) is 0 Å². The molecule has 1 unspecified atom stereocenters. The molecule has 0 amide bonds. The lowest BCUT2D eigenvalue weighted by molar-refractivity contribution is -0.145. The predicted octanol–water partition coefficient (Wildman–Crippen LogP) is 1.99. The van der Waals surface area contributed by atoms with Crippen LogP contribution in [0.2, 0.25) is 0 Å². The van der Waals surface area contributed by atoms with Crippen LogP contribution >= 0.6 is 0 Å². The Morgan fingerprint density at radius 2 is 1.93 bits per heavy atom. The number of aliphatic carboxylic acids is 1. The summed E-state index contributed by atoms with van der Waals surface area (Å²) in [5, 5.41) is 12.4. The molecule has 0 radical (unpaired) electrons. The van der Waals surface area contributed by atoms with Crippen LogP contribution in [0.3, 0.4) is 0 Å². The molecule has 1 rings (SSSR count). The van der Waals surface area contributed by atoms with Gasteiger partial charge >= 0.3 is 5.97 Å². The van der Waals surface area contributed by atoms with Gasteiger partial charge in [-0.15, -0.1) is 0 Å². The molecule has 0 saturated heterocycles. The number of likely N-dealkylation sites (N-methyl/N-ethyl adjacent to an activating group) is 1. The molecule has 0 heterocycles. The summed E-state index contributed by atoms with van der Waals surface area (Å²) in [7, 11) is 0. The lowest BCUT2D eigenvalue weighted by atomic mass is 9.87. The average Bonchev–Trinajstić information content (AvgIpc) is 2.26. The first-order valence-electron chi connectivity index (χ1n) is 5.21. The first-order valence-corrected chi connectivity index (χ1v) is 5.21. The van der Waals surface area contributed by atoms with Crippen LogP contribution in [0.1, 0.15) is 25.8 Å². The average molecular weight is 207 g/mol. The van der Waals surface area contributed by atoms with Gasteiger partial charge < -0.3 is 5.11 Å². The third-order valence-electron chi connectivity index (χ3n) is 2.64. The van der Waals surface area contributed by atoms with Gasteiger partial charge in [0, 0.05) is 0 Å². The second-order valence-corrected chi connectivity index (χ2v) is 3.46. The number of hydrogen-bond acceptors (Lipinski definition) is 2. The van der Waals surface area contributed by atoms with Gasteiger partial charge in [0.1, 0.15) is 5.54 Å². The zero-order valence-corrected chi connectivity index (χ0v) is 9.16. The highest BCUT2D eigenvalue weighted by Crippen LogP contribution is 2.25. The lowest BCUT2D eigenvalue weighted by Crippen LogP contribution is -2.48. The van der Waals surface area contributed by atoms with Crippen LogP contribution < -0.4 is 5.32 Å². The largest absolute Gasteiger partial charge is 0.480 e. The van der Waals surface area contributed by atoms with Gasteiger partial charge in [0.15, 0.2) is 0 Å². The quantitative estimate of drug-likeness (QED) is 0.776. The Hall–Kier alpha value is -1.35. The van der Waals surface area contributed by atoms with E-state index in [2.05, 4.69) is 5.32 Å². The van der Waals surface area contributed by atoms with Gasteiger partial charge in [-0.3, -0.25) is 5.32 Å². The Balaban J connectivity index is 3.15. The van der Waals surface area contributed by atoms with Crippen molar-refractivity contribution in [2.45, 2.75) is 25.8 Å². The number of hydrogen-bond donors (Lipinski definition) is 2. The van der Waals surface area contributed by atoms with Crippen molar-refractivity contribution in [3.05, 3.63) is 35.9 Å². The summed E-state index contributed by atoms with van der Waals surface area (Å²) in [6.07, 6.45) is 0.528. The topological polar surface area (TPSA) is 49.3 Å². The van der Waals surface area contributed by atoms with Crippen LogP contribution in [0.5, 0.6) is 0 Å². The Morgan fingerprint density at radius 3 is 2.33 bits per heavy atom. The first-order chi connectivity index (χ1) is 7.17. The third kappa shape index (κ3) is 2.18. The van der Waals surface area contributed by atoms with Gasteiger partial charge in [0.2, 0.25) is 0 Å². The summed E-state index contributed by atoms with van der Waals surface area (Å²) in [5.74, 6) is -0.821. The SMILES string of the molecule is CCNC(CC)(C(=O)O)c1ccccc1. The van der Waals surface area contributed by atoms with Crippen LogP contribution in [0, 0.1) is 0 Å². The molecule has 0 aliphatic heterocycles. The number of benzene rings is 1. The van der Waals surface area contributed by atoms with Crippen LogP contribution in [0.25, 0.3) is 0 Å². The fourth-order valence-corrected chi connectivity index (χ4v) is 1.81. The van der Waals surface area contributed by atoms with Crippen molar-refractivity contribution in [3.63, 3.8) is 0 Å². The van der Waals surface area contributed by atoms with E-state index >= 15 is 0 Å². The summed E-state index contributed by atoms with van der Waals surface area (Å²) in [4.78, 5) is 11.4. The number of carbonyl (C=O) groups is 1. The highest BCUT2D eigenvalue weighted by molar-refractivity contribution is 5.80. The molecular weight excluding hydrogens is 190 g/mol.